The van der Waals surface area contributed by atoms with Crippen molar-refractivity contribution >= 4 is 29.9 Å². The largest absolute Gasteiger partial charge is 0.355 e. The van der Waals surface area contributed by atoms with E-state index in [9.17, 15) is 4.79 Å². The molecule has 1 aliphatic carbocycles. The number of halogens is 2. The normalized spacial score (nSPS) is 15.8. The Bertz CT molecular complexity index is 503. The summed E-state index contributed by atoms with van der Waals surface area (Å²) in [5.74, 6) is 0.0864. The third-order valence-electron chi connectivity index (χ3n) is 5.10. The summed E-state index contributed by atoms with van der Waals surface area (Å²) in [6, 6.07) is 7.96. The molecule has 1 fully saturated rings. The lowest BCUT2D eigenvalue weighted by atomic mass is 9.81. The molecule has 0 unspecified atom stereocenters. The minimum absolute atomic E-state index is 0. The van der Waals surface area contributed by atoms with Crippen LogP contribution in [0.1, 0.15) is 45.1 Å². The van der Waals surface area contributed by atoms with E-state index in [4.69, 9.17) is 17.3 Å². The average Bonchev–Trinajstić information content (AvgIpc) is 3.29. The molecule has 1 saturated carbocycles. The summed E-state index contributed by atoms with van der Waals surface area (Å²) < 4.78 is 0. The molecule has 0 atom stereocenters. The molecule has 0 aromatic heterocycles. The maximum absolute atomic E-state index is 12.5. The number of nitrogens with one attached hydrogen (secondary N) is 1. The average molecular weight is 345 g/mol. The van der Waals surface area contributed by atoms with Gasteiger partial charge in [-0.3, -0.25) is 4.79 Å². The maximum Gasteiger partial charge on any atom is 0.227 e. The highest BCUT2D eigenvalue weighted by Crippen LogP contribution is 2.48. The molecule has 0 bridgehead atoms. The third-order valence-corrected chi connectivity index (χ3v) is 5.34. The van der Waals surface area contributed by atoms with Crippen LogP contribution in [0.15, 0.2) is 24.3 Å². The molecule has 0 aliphatic heterocycles. The first kappa shape index (κ1) is 19.3. The topological polar surface area (TPSA) is 55.1 Å². The molecule has 1 aromatic rings. The zero-order valence-electron chi connectivity index (χ0n) is 13.3. The molecule has 2 rings (SSSR count). The molecule has 1 amide bonds. The molecule has 1 aliphatic rings. The Morgan fingerprint density at radius 1 is 1.36 bits per heavy atom. The summed E-state index contributed by atoms with van der Waals surface area (Å²) >= 11 is 6.08. The summed E-state index contributed by atoms with van der Waals surface area (Å²) in [6.07, 6.45) is 3.75. The lowest BCUT2D eigenvalue weighted by Crippen LogP contribution is -2.47. The number of carbonyl (C=O) groups excluding carboxylic acids is 1. The zero-order valence-corrected chi connectivity index (χ0v) is 14.9. The summed E-state index contributed by atoms with van der Waals surface area (Å²) in [5.41, 5.74) is 6.71. The first-order valence-corrected chi connectivity index (χ1v) is 8.14. The highest BCUT2D eigenvalue weighted by Gasteiger charge is 2.45. The van der Waals surface area contributed by atoms with E-state index in [1.165, 1.54) is 5.56 Å². The van der Waals surface area contributed by atoms with Crippen LogP contribution in [0.4, 0.5) is 0 Å². The quantitative estimate of drug-likeness (QED) is 0.792. The van der Waals surface area contributed by atoms with Crippen molar-refractivity contribution in [1.29, 1.82) is 0 Å². The van der Waals surface area contributed by atoms with Gasteiger partial charge < -0.3 is 11.1 Å². The molecule has 0 heterocycles. The minimum Gasteiger partial charge on any atom is -0.355 e. The van der Waals surface area contributed by atoms with Gasteiger partial charge in [0.1, 0.15) is 0 Å². The van der Waals surface area contributed by atoms with E-state index in [-0.39, 0.29) is 23.7 Å². The van der Waals surface area contributed by atoms with Crippen LogP contribution in [0.2, 0.25) is 5.02 Å². The van der Waals surface area contributed by atoms with Gasteiger partial charge in [0.15, 0.2) is 0 Å². The van der Waals surface area contributed by atoms with E-state index in [0.29, 0.717) is 13.1 Å². The van der Waals surface area contributed by atoms with Gasteiger partial charge in [0, 0.05) is 23.5 Å². The number of hydrogen-bond acceptors (Lipinski definition) is 2. The van der Waals surface area contributed by atoms with Crippen LogP contribution in [0.25, 0.3) is 0 Å². The Labute approximate surface area is 144 Å². The second-order valence-electron chi connectivity index (χ2n) is 6.16. The van der Waals surface area contributed by atoms with E-state index >= 15 is 0 Å². The van der Waals surface area contributed by atoms with E-state index in [1.807, 2.05) is 32.0 Å². The first-order chi connectivity index (χ1) is 10.0. The van der Waals surface area contributed by atoms with Gasteiger partial charge in [-0.2, -0.15) is 0 Å². The summed E-state index contributed by atoms with van der Waals surface area (Å²) in [4.78, 5) is 12.5. The highest BCUT2D eigenvalue weighted by molar-refractivity contribution is 6.30. The van der Waals surface area contributed by atoms with Gasteiger partial charge in [-0.05, 0) is 43.4 Å². The van der Waals surface area contributed by atoms with Crippen molar-refractivity contribution < 1.29 is 4.79 Å². The second kappa shape index (κ2) is 7.67. The monoisotopic (exact) mass is 344 g/mol. The van der Waals surface area contributed by atoms with Crippen LogP contribution in [0, 0.1) is 5.41 Å². The van der Waals surface area contributed by atoms with Crippen LogP contribution in [-0.4, -0.2) is 19.0 Å². The number of carbonyl (C=O) groups is 1. The molecule has 124 valence electrons. The first-order valence-electron chi connectivity index (χ1n) is 7.76. The van der Waals surface area contributed by atoms with Gasteiger partial charge in [0.05, 0.1) is 5.41 Å². The van der Waals surface area contributed by atoms with E-state index < -0.39 is 5.41 Å². The SMILES string of the molecule is CCC(CC)(CN)C(=O)NCC1(c2cccc(Cl)c2)CC1.Cl. The van der Waals surface area contributed by atoms with Crippen LogP contribution >= 0.6 is 24.0 Å². The van der Waals surface area contributed by atoms with Gasteiger partial charge in [-0.1, -0.05) is 37.6 Å². The summed E-state index contributed by atoms with van der Waals surface area (Å²) in [5, 5.41) is 3.89. The molecule has 5 heteroatoms. The molecule has 0 radical (unpaired) electrons. The zero-order chi connectivity index (χ0) is 15.5. The van der Waals surface area contributed by atoms with Crippen molar-refractivity contribution in [3.63, 3.8) is 0 Å². The molecule has 3 N–H and O–H groups in total. The van der Waals surface area contributed by atoms with Gasteiger partial charge >= 0.3 is 0 Å². The molecule has 0 spiro atoms. The van der Waals surface area contributed by atoms with Gasteiger partial charge in [-0.25, -0.2) is 0 Å². The molecule has 0 saturated heterocycles. The third kappa shape index (κ3) is 3.76. The van der Waals surface area contributed by atoms with E-state index in [1.54, 1.807) is 0 Å². The fraction of sp³-hybridized carbons (Fsp3) is 0.588. The summed E-state index contributed by atoms with van der Waals surface area (Å²) in [6.45, 7) is 5.13. The lowest BCUT2D eigenvalue weighted by molar-refractivity contribution is -0.131. The van der Waals surface area contributed by atoms with Crippen molar-refractivity contribution in [1.82, 2.24) is 5.32 Å². The van der Waals surface area contributed by atoms with E-state index in [0.717, 1.165) is 30.7 Å². The molecule has 1 aromatic carbocycles. The maximum atomic E-state index is 12.5. The predicted molar refractivity (Wildman–Crippen MR) is 94.7 cm³/mol. The number of hydrogen-bond donors (Lipinski definition) is 2. The smallest absolute Gasteiger partial charge is 0.227 e. The van der Waals surface area contributed by atoms with Crippen LogP contribution < -0.4 is 11.1 Å². The minimum atomic E-state index is -0.426. The number of benzene rings is 1. The molecular formula is C17H26Cl2N2O. The van der Waals surface area contributed by atoms with Gasteiger partial charge in [0.25, 0.3) is 0 Å². The molecule has 22 heavy (non-hydrogen) atoms. The lowest BCUT2D eigenvalue weighted by Gasteiger charge is -2.29. The Hall–Kier alpha value is -0.770. The predicted octanol–water partition coefficient (Wildman–Crippen LogP) is 3.67. The van der Waals surface area contributed by atoms with Crippen molar-refractivity contribution in [2.45, 2.75) is 44.9 Å². The molecular weight excluding hydrogens is 319 g/mol. The van der Waals surface area contributed by atoms with Crippen molar-refractivity contribution in [3.8, 4) is 0 Å². The van der Waals surface area contributed by atoms with Crippen LogP contribution in [-0.2, 0) is 10.2 Å². The van der Waals surface area contributed by atoms with E-state index in [2.05, 4.69) is 11.4 Å². The Kier molecular flexibility index (Phi) is 6.72. The number of nitrogens with two attached hydrogens (primary N) is 1. The highest BCUT2D eigenvalue weighted by atomic mass is 35.5. The number of amides is 1. The van der Waals surface area contributed by atoms with Crippen molar-refractivity contribution in [2.75, 3.05) is 13.1 Å². The van der Waals surface area contributed by atoms with Crippen LogP contribution in [0.5, 0.6) is 0 Å². The van der Waals surface area contributed by atoms with Crippen molar-refractivity contribution in [3.05, 3.63) is 34.9 Å². The standard InChI is InChI=1S/C17H25ClN2O.ClH/c1-3-16(4-2,11-19)15(21)20-12-17(8-9-17)13-6-5-7-14(18)10-13;/h5-7,10H,3-4,8-9,11-12,19H2,1-2H3,(H,20,21);1H. The van der Waals surface area contributed by atoms with Crippen LogP contribution in [0.3, 0.4) is 0 Å². The Morgan fingerprint density at radius 3 is 2.45 bits per heavy atom. The fourth-order valence-corrected chi connectivity index (χ4v) is 3.12. The summed E-state index contributed by atoms with van der Waals surface area (Å²) in [7, 11) is 0. The second-order valence-corrected chi connectivity index (χ2v) is 6.60. The number of rotatable bonds is 7. The van der Waals surface area contributed by atoms with Crippen molar-refractivity contribution in [2.24, 2.45) is 11.1 Å². The Balaban J connectivity index is 0.00000242. The fourth-order valence-electron chi connectivity index (χ4n) is 2.93. The molecule has 3 nitrogen and oxygen atoms in total. The van der Waals surface area contributed by atoms with Gasteiger partial charge in [0.2, 0.25) is 5.91 Å². The van der Waals surface area contributed by atoms with Gasteiger partial charge in [-0.15, -0.1) is 12.4 Å². The Morgan fingerprint density at radius 2 is 2.00 bits per heavy atom.